The number of halogens is 3. The maximum Gasteiger partial charge on any atom is 0.319 e. The second-order valence-electron chi connectivity index (χ2n) is 7.65. The largest absolute Gasteiger partial charge is 0.494 e. The van der Waals surface area contributed by atoms with Crippen LogP contribution in [0.4, 0.5) is 23.0 Å². The van der Waals surface area contributed by atoms with Gasteiger partial charge in [0, 0.05) is 12.6 Å². The molecule has 3 rings (SSSR count). The highest BCUT2D eigenvalue weighted by Crippen LogP contribution is 2.32. The van der Waals surface area contributed by atoms with Crippen molar-refractivity contribution in [2.45, 2.75) is 32.3 Å². The van der Waals surface area contributed by atoms with Crippen LogP contribution in [0.25, 0.3) is 0 Å². The van der Waals surface area contributed by atoms with Crippen LogP contribution in [0.3, 0.4) is 0 Å². The molecule has 1 saturated heterocycles. The Kier molecular flexibility index (Phi) is 8.93. The number of aromatic nitrogens is 1. The number of anilines is 1. The molecule has 0 bridgehead atoms. The molecule has 13 heteroatoms. The molecule has 1 aromatic carbocycles. The fourth-order valence-corrected chi connectivity index (χ4v) is 4.28. The van der Waals surface area contributed by atoms with Crippen LogP contribution in [0, 0.1) is 17.5 Å². The second kappa shape index (κ2) is 11.9. The minimum absolute atomic E-state index is 0.00910. The first kappa shape index (κ1) is 25.6. The van der Waals surface area contributed by atoms with Gasteiger partial charge in [-0.25, -0.2) is 18.0 Å². The summed E-state index contributed by atoms with van der Waals surface area (Å²) >= 11 is 0.707. The first-order valence-electron chi connectivity index (χ1n) is 10.7. The van der Waals surface area contributed by atoms with Crippen molar-refractivity contribution >= 4 is 28.5 Å². The van der Waals surface area contributed by atoms with E-state index in [1.807, 2.05) is 0 Å². The Morgan fingerprint density at radius 3 is 2.62 bits per heavy atom. The summed E-state index contributed by atoms with van der Waals surface area (Å²) < 4.78 is 55.9. The standard InChI is InChI=1S/C21H26F3N5O4S/c1-32-14-10-13(22)16(23)12(17(14)24)11-33-19-15(18(25)30)20(34-28-19)27-21(31)26-6-2-3-7-29-8-4-5-9-29/h10H,2-9,11H2,1H3,(H2,25,30)(H2,26,27,31). The van der Waals surface area contributed by atoms with Crippen molar-refractivity contribution < 1.29 is 32.2 Å². The van der Waals surface area contributed by atoms with Gasteiger partial charge in [-0.2, -0.15) is 4.37 Å². The van der Waals surface area contributed by atoms with Gasteiger partial charge >= 0.3 is 6.03 Å². The third kappa shape index (κ3) is 6.29. The van der Waals surface area contributed by atoms with Crippen molar-refractivity contribution in [1.82, 2.24) is 14.6 Å². The molecule has 0 saturated carbocycles. The molecule has 0 unspecified atom stereocenters. The van der Waals surface area contributed by atoms with Gasteiger partial charge < -0.3 is 25.4 Å². The number of nitrogens with two attached hydrogens (primary N) is 1. The molecule has 0 radical (unpaired) electrons. The van der Waals surface area contributed by atoms with Gasteiger partial charge in [0.25, 0.3) is 5.91 Å². The molecule has 2 aromatic rings. The normalized spacial score (nSPS) is 13.6. The third-order valence-corrected chi connectivity index (χ3v) is 6.05. The monoisotopic (exact) mass is 501 g/mol. The van der Waals surface area contributed by atoms with E-state index in [2.05, 4.69) is 24.6 Å². The van der Waals surface area contributed by atoms with Crippen molar-refractivity contribution in [3.8, 4) is 11.6 Å². The molecule has 1 aliphatic rings. The van der Waals surface area contributed by atoms with E-state index in [9.17, 15) is 22.8 Å². The predicted molar refractivity (Wildman–Crippen MR) is 120 cm³/mol. The van der Waals surface area contributed by atoms with Gasteiger partial charge in [0.1, 0.15) is 17.2 Å². The number of amides is 3. The van der Waals surface area contributed by atoms with Crippen LogP contribution in [-0.4, -0.2) is 54.5 Å². The van der Waals surface area contributed by atoms with E-state index in [1.54, 1.807) is 0 Å². The number of carbonyl (C=O) groups excluding carboxylic acids is 2. The summed E-state index contributed by atoms with van der Waals surface area (Å²) in [6.45, 7) is 2.87. The smallest absolute Gasteiger partial charge is 0.319 e. The van der Waals surface area contributed by atoms with E-state index >= 15 is 0 Å². The number of primary amides is 1. The Hall–Kier alpha value is -3.06. The lowest BCUT2D eigenvalue weighted by molar-refractivity contribution is 0.0996. The molecular formula is C21H26F3N5O4S. The minimum atomic E-state index is -1.46. The molecule has 1 aliphatic heterocycles. The second-order valence-corrected chi connectivity index (χ2v) is 8.42. The summed E-state index contributed by atoms with van der Waals surface area (Å²) in [5, 5.41) is 5.17. The Balaban J connectivity index is 1.57. The molecule has 9 nitrogen and oxygen atoms in total. The fraction of sp³-hybridized carbons (Fsp3) is 0.476. The SMILES string of the molecule is COc1cc(F)c(F)c(COc2nsc(NC(=O)NCCCCN3CCCC3)c2C(N)=O)c1F. The number of carbonyl (C=O) groups is 2. The lowest BCUT2D eigenvalue weighted by Crippen LogP contribution is -2.30. The van der Waals surface area contributed by atoms with Gasteiger partial charge in [0.2, 0.25) is 5.88 Å². The maximum absolute atomic E-state index is 14.3. The molecule has 2 heterocycles. The van der Waals surface area contributed by atoms with Crippen molar-refractivity contribution in [3.63, 3.8) is 0 Å². The van der Waals surface area contributed by atoms with E-state index < -0.39 is 47.3 Å². The lowest BCUT2D eigenvalue weighted by atomic mass is 10.2. The summed E-state index contributed by atoms with van der Waals surface area (Å²) in [6.07, 6.45) is 4.19. The zero-order valence-corrected chi connectivity index (χ0v) is 19.4. The third-order valence-electron chi connectivity index (χ3n) is 5.31. The number of hydrogen-bond donors (Lipinski definition) is 3. The van der Waals surface area contributed by atoms with Gasteiger partial charge in [-0.1, -0.05) is 0 Å². The Morgan fingerprint density at radius 2 is 1.94 bits per heavy atom. The predicted octanol–water partition coefficient (Wildman–Crippen LogP) is 3.24. The summed E-state index contributed by atoms with van der Waals surface area (Å²) in [6, 6.07) is 0.00430. The van der Waals surface area contributed by atoms with Gasteiger partial charge in [-0.15, -0.1) is 0 Å². The van der Waals surface area contributed by atoms with Gasteiger partial charge in [-0.3, -0.25) is 10.1 Å². The summed E-state index contributed by atoms with van der Waals surface area (Å²) in [4.78, 5) is 26.5. The lowest BCUT2D eigenvalue weighted by Gasteiger charge is -2.14. The average molecular weight is 502 g/mol. The number of unbranched alkanes of at least 4 members (excludes halogenated alkanes) is 1. The number of nitrogens with one attached hydrogen (secondary N) is 2. The molecule has 0 atom stereocenters. The number of benzene rings is 1. The molecule has 0 aliphatic carbocycles. The quantitative estimate of drug-likeness (QED) is 0.321. The fourth-order valence-electron chi connectivity index (χ4n) is 3.54. The summed E-state index contributed by atoms with van der Waals surface area (Å²) in [5.41, 5.74) is 4.36. The zero-order chi connectivity index (χ0) is 24.7. The zero-order valence-electron chi connectivity index (χ0n) is 18.6. The van der Waals surface area contributed by atoms with E-state index in [-0.39, 0.29) is 16.4 Å². The summed E-state index contributed by atoms with van der Waals surface area (Å²) in [7, 11) is 1.10. The molecule has 186 valence electrons. The van der Waals surface area contributed by atoms with Crippen molar-refractivity contribution in [1.29, 1.82) is 0 Å². The van der Waals surface area contributed by atoms with E-state index in [1.165, 1.54) is 12.8 Å². The number of urea groups is 1. The first-order valence-corrected chi connectivity index (χ1v) is 11.5. The molecule has 1 aromatic heterocycles. The number of ether oxygens (including phenoxy) is 2. The van der Waals surface area contributed by atoms with Crippen LogP contribution in [0.2, 0.25) is 0 Å². The number of hydrogen-bond acceptors (Lipinski definition) is 7. The highest BCUT2D eigenvalue weighted by Gasteiger charge is 2.25. The van der Waals surface area contributed by atoms with Crippen LogP contribution in [-0.2, 0) is 6.61 Å². The molecule has 4 N–H and O–H groups in total. The minimum Gasteiger partial charge on any atom is -0.494 e. The first-order chi connectivity index (χ1) is 16.3. The van der Waals surface area contributed by atoms with E-state index in [4.69, 9.17) is 10.5 Å². The van der Waals surface area contributed by atoms with Crippen LogP contribution in [0.1, 0.15) is 41.6 Å². The van der Waals surface area contributed by atoms with E-state index in [0.717, 1.165) is 39.6 Å². The Labute approximate surface area is 198 Å². The molecular weight excluding hydrogens is 475 g/mol. The molecule has 3 amide bonds. The summed E-state index contributed by atoms with van der Waals surface area (Å²) in [5.74, 6) is -5.77. The molecule has 1 fully saturated rings. The molecule has 34 heavy (non-hydrogen) atoms. The van der Waals surface area contributed by atoms with Gasteiger partial charge in [0.15, 0.2) is 23.2 Å². The van der Waals surface area contributed by atoms with Crippen molar-refractivity contribution in [2.75, 3.05) is 38.6 Å². The van der Waals surface area contributed by atoms with Crippen molar-refractivity contribution in [2.24, 2.45) is 5.73 Å². The maximum atomic E-state index is 14.3. The number of nitrogens with zero attached hydrogens (tertiary/aromatic N) is 2. The Bertz CT molecular complexity index is 1030. The van der Waals surface area contributed by atoms with Gasteiger partial charge in [0.05, 0.1) is 12.7 Å². The van der Waals surface area contributed by atoms with Crippen molar-refractivity contribution in [3.05, 3.63) is 34.6 Å². The average Bonchev–Trinajstić information content (AvgIpc) is 3.46. The van der Waals surface area contributed by atoms with Crippen LogP contribution >= 0.6 is 11.5 Å². The van der Waals surface area contributed by atoms with E-state index in [0.29, 0.717) is 24.1 Å². The van der Waals surface area contributed by atoms with Crippen LogP contribution in [0.5, 0.6) is 11.6 Å². The highest BCUT2D eigenvalue weighted by atomic mass is 32.1. The topological polar surface area (TPSA) is 119 Å². The number of rotatable bonds is 11. The van der Waals surface area contributed by atoms with Crippen LogP contribution < -0.4 is 25.8 Å². The van der Waals surface area contributed by atoms with Gasteiger partial charge in [-0.05, 0) is 56.9 Å². The van der Waals surface area contributed by atoms with Crippen LogP contribution in [0.15, 0.2) is 6.07 Å². The Morgan fingerprint density at radius 1 is 1.21 bits per heavy atom. The molecule has 0 spiro atoms. The highest BCUT2D eigenvalue weighted by molar-refractivity contribution is 7.11. The number of likely N-dealkylation sites (tertiary alicyclic amines) is 1. The number of methoxy groups -OCH3 is 1.